The lowest BCUT2D eigenvalue weighted by Crippen LogP contribution is -2.49. The van der Waals surface area contributed by atoms with Gasteiger partial charge in [-0.1, -0.05) is 78.9 Å². The van der Waals surface area contributed by atoms with E-state index in [2.05, 4.69) is 22.8 Å². The first-order valence-electron chi connectivity index (χ1n) is 13.1. The van der Waals surface area contributed by atoms with Gasteiger partial charge < -0.3 is 24.5 Å². The number of benzene rings is 3. The molecule has 0 heterocycles. The van der Waals surface area contributed by atoms with E-state index in [1.807, 2.05) is 87.9 Å². The summed E-state index contributed by atoms with van der Waals surface area (Å²) >= 11 is 1.83. The number of carbonyl (C=O) groups excluding carboxylic acids is 4. The van der Waals surface area contributed by atoms with Gasteiger partial charge in [-0.25, -0.2) is 9.59 Å². The third-order valence-corrected chi connectivity index (χ3v) is 7.58. The third-order valence-electron chi connectivity index (χ3n) is 6.81. The molecule has 3 amide bonds. The van der Waals surface area contributed by atoms with Crippen LogP contribution in [-0.2, 0) is 29.7 Å². The van der Waals surface area contributed by atoms with Gasteiger partial charge in [-0.15, -0.1) is 0 Å². The maximum absolute atomic E-state index is 12.8. The first kappa shape index (κ1) is 30.4. The number of rotatable bonds is 12. The lowest BCUT2D eigenvalue weighted by Gasteiger charge is -2.23. The first-order valence-corrected chi connectivity index (χ1v) is 16.4. The molecule has 0 fully saturated rings. The van der Waals surface area contributed by atoms with Crippen LogP contribution in [0.15, 0.2) is 78.9 Å². The maximum atomic E-state index is 12.8. The van der Waals surface area contributed by atoms with Gasteiger partial charge in [0.25, 0.3) is 0 Å². The number of alkyl carbamates (subject to hydrolysis) is 1. The molecule has 0 saturated carbocycles. The van der Waals surface area contributed by atoms with Crippen LogP contribution in [0.1, 0.15) is 29.5 Å². The number of nitrogens with zero attached hydrogens (tertiary/aromatic N) is 1. The van der Waals surface area contributed by atoms with Crippen molar-refractivity contribution in [3.63, 3.8) is 0 Å². The molecule has 0 aliphatic heterocycles. The molecule has 1 aliphatic carbocycles. The Balaban J connectivity index is 1.27. The van der Waals surface area contributed by atoms with Gasteiger partial charge >= 0.3 is 12.1 Å². The molecule has 2 N–H and O–H groups in total. The Morgan fingerprint density at radius 3 is 2.15 bits per heavy atom. The molecule has 0 unspecified atom stereocenters. The first-order chi connectivity index (χ1) is 19.9. The van der Waals surface area contributed by atoms with Crippen LogP contribution in [0.25, 0.3) is 11.1 Å². The van der Waals surface area contributed by atoms with Crippen LogP contribution >= 0.6 is 30.4 Å². The van der Waals surface area contributed by atoms with Gasteiger partial charge in [0.15, 0.2) is 0 Å². The van der Waals surface area contributed by atoms with Crippen molar-refractivity contribution in [3.05, 3.63) is 95.6 Å². The average molecular weight is 688 g/mol. The van der Waals surface area contributed by atoms with Crippen LogP contribution in [0.5, 0.6) is 0 Å². The number of nitrogens with one attached hydrogen (secondary N) is 2. The van der Waals surface area contributed by atoms with Crippen molar-refractivity contribution in [2.75, 3.05) is 26.2 Å². The van der Waals surface area contributed by atoms with Gasteiger partial charge in [0.2, 0.25) is 11.8 Å². The van der Waals surface area contributed by atoms with Crippen molar-refractivity contribution >= 4 is 54.3 Å². The summed E-state index contributed by atoms with van der Waals surface area (Å²) < 4.78 is 10.5. The monoisotopic (exact) mass is 687 g/mol. The smallest absolute Gasteiger partial charge is 0.407 e. The van der Waals surface area contributed by atoms with Gasteiger partial charge in [-0.05, 0) is 34.7 Å². The fraction of sp³-hybridized carbons (Fsp3) is 0.267. The van der Waals surface area contributed by atoms with Crippen LogP contribution in [0, 0.1) is 0 Å². The second-order valence-corrected chi connectivity index (χ2v) is 10.7. The highest BCUT2D eigenvalue weighted by Crippen LogP contribution is 2.44. The largest absolute Gasteiger partial charge is 0.449 e. The van der Waals surface area contributed by atoms with E-state index in [9.17, 15) is 19.2 Å². The zero-order valence-electron chi connectivity index (χ0n) is 22.4. The molecule has 0 bridgehead atoms. The maximum Gasteiger partial charge on any atom is 0.407 e. The number of hydrogen-bond donors (Lipinski definition) is 2. The SMILES string of the molecule is CCN(CC(=O)N[C@@H](Cc1ccccc1)C(=O)OSI)C(=O)CNC(=O)OCC1c2ccccc2-c2ccccc21. The Morgan fingerprint density at radius 1 is 0.927 bits per heavy atom. The quantitative estimate of drug-likeness (QED) is 0.211. The van der Waals surface area contributed by atoms with Gasteiger partial charge in [0.05, 0.1) is 6.54 Å². The summed E-state index contributed by atoms with van der Waals surface area (Å²) in [7, 11) is 0.866. The van der Waals surface area contributed by atoms with E-state index >= 15 is 0 Å². The number of halogens is 1. The van der Waals surface area contributed by atoms with Crippen LogP contribution in [-0.4, -0.2) is 61.1 Å². The molecule has 0 spiro atoms. The summed E-state index contributed by atoms with van der Waals surface area (Å²) in [5.41, 5.74) is 5.27. The van der Waals surface area contributed by atoms with E-state index in [4.69, 9.17) is 8.92 Å². The van der Waals surface area contributed by atoms with Crippen LogP contribution in [0.2, 0.25) is 0 Å². The highest BCUT2D eigenvalue weighted by molar-refractivity contribution is 14.2. The average Bonchev–Trinajstić information content (AvgIpc) is 3.31. The standard InChI is InChI=1S/C30H30IN3O6S/c1-2-34(18-27(35)33-26(29(37)40-41-31)16-20-10-4-3-5-11-20)28(36)17-32-30(38)39-19-25-23-14-8-6-12-21(23)22-13-7-9-15-24(22)25/h3-15,25-26H,2,16-19H2,1H3,(H,32,38)(H,33,35)/t26-/m0/s1. The zero-order chi connectivity index (χ0) is 29.2. The second-order valence-electron chi connectivity index (χ2n) is 9.36. The fourth-order valence-electron chi connectivity index (χ4n) is 4.83. The van der Waals surface area contributed by atoms with Gasteiger partial charge in [0, 0.05) is 40.1 Å². The van der Waals surface area contributed by atoms with Gasteiger partial charge in [0.1, 0.15) is 28.4 Å². The number of carbonyl (C=O) groups is 4. The van der Waals surface area contributed by atoms with Crippen molar-refractivity contribution < 1.29 is 28.1 Å². The molecule has 0 saturated heterocycles. The van der Waals surface area contributed by atoms with E-state index < -0.39 is 29.9 Å². The molecule has 3 aromatic carbocycles. The summed E-state index contributed by atoms with van der Waals surface area (Å²) in [6, 6.07) is 24.4. The van der Waals surface area contributed by atoms with E-state index in [1.54, 1.807) is 6.92 Å². The topological polar surface area (TPSA) is 114 Å². The molecule has 11 heteroatoms. The fourth-order valence-corrected chi connectivity index (χ4v) is 5.54. The van der Waals surface area contributed by atoms with E-state index in [0.29, 0.717) is 0 Å². The minimum Gasteiger partial charge on any atom is -0.449 e. The number of likely N-dealkylation sites (N-methyl/N-ethyl adjacent to an activating group) is 1. The molecule has 1 aliphatic rings. The number of hydrogen-bond acceptors (Lipinski definition) is 7. The molecule has 3 aromatic rings. The summed E-state index contributed by atoms with van der Waals surface area (Å²) in [5, 5.41) is 5.16. The van der Waals surface area contributed by atoms with Crippen LogP contribution < -0.4 is 10.6 Å². The lowest BCUT2D eigenvalue weighted by atomic mass is 9.98. The number of amides is 3. The van der Waals surface area contributed by atoms with Crippen molar-refractivity contribution in [2.45, 2.75) is 25.3 Å². The minimum absolute atomic E-state index is 0.0965. The van der Waals surface area contributed by atoms with E-state index in [1.165, 1.54) is 4.90 Å². The molecule has 9 nitrogen and oxygen atoms in total. The highest BCUT2D eigenvalue weighted by atomic mass is 127. The Kier molecular flexibility index (Phi) is 11.0. The summed E-state index contributed by atoms with van der Waals surface area (Å²) in [5.74, 6) is -1.66. The summed E-state index contributed by atoms with van der Waals surface area (Å²) in [4.78, 5) is 51.8. The van der Waals surface area contributed by atoms with Crippen molar-refractivity contribution in [3.8, 4) is 11.1 Å². The molecule has 214 valence electrons. The van der Waals surface area contributed by atoms with E-state index in [-0.39, 0.29) is 38.6 Å². The Morgan fingerprint density at radius 2 is 1.54 bits per heavy atom. The van der Waals surface area contributed by atoms with Crippen molar-refractivity contribution in [1.82, 2.24) is 15.5 Å². The summed E-state index contributed by atoms with van der Waals surface area (Å²) in [6.45, 7) is 1.47. The van der Waals surface area contributed by atoms with Gasteiger partial charge in [-0.2, -0.15) is 0 Å². The van der Waals surface area contributed by atoms with Crippen LogP contribution in [0.4, 0.5) is 4.79 Å². The van der Waals surface area contributed by atoms with Gasteiger partial charge in [-0.3, -0.25) is 9.59 Å². The Bertz CT molecular complexity index is 1340. The normalized spacial score (nSPS) is 12.4. The highest BCUT2D eigenvalue weighted by Gasteiger charge is 2.29. The van der Waals surface area contributed by atoms with Crippen molar-refractivity contribution in [2.24, 2.45) is 0 Å². The van der Waals surface area contributed by atoms with Crippen LogP contribution in [0.3, 0.4) is 0 Å². The molecular weight excluding hydrogens is 657 g/mol. The molecule has 1 atom stereocenters. The molecule has 0 radical (unpaired) electrons. The second kappa shape index (κ2) is 14.9. The lowest BCUT2D eigenvalue weighted by molar-refractivity contribution is -0.139. The third kappa shape index (κ3) is 8.00. The predicted octanol–water partition coefficient (Wildman–Crippen LogP) is 4.64. The Labute approximate surface area is 255 Å². The van der Waals surface area contributed by atoms with Crippen molar-refractivity contribution in [1.29, 1.82) is 0 Å². The minimum atomic E-state index is -0.917. The summed E-state index contributed by atoms with van der Waals surface area (Å²) in [6.07, 6.45) is -0.478. The van der Waals surface area contributed by atoms with E-state index in [0.717, 1.165) is 37.0 Å². The Hall–Kier alpha value is -3.58. The molecule has 4 rings (SSSR count). The predicted molar refractivity (Wildman–Crippen MR) is 165 cm³/mol. The molecule has 41 heavy (non-hydrogen) atoms. The molecular formula is C30H30IN3O6S. The number of fused-ring (bicyclic) bond motifs is 3. The number of ether oxygens (including phenoxy) is 1. The molecule has 0 aromatic heterocycles. The zero-order valence-corrected chi connectivity index (χ0v) is 25.4.